The van der Waals surface area contributed by atoms with Crippen LogP contribution in [0.25, 0.3) is 0 Å². The zero-order valence-corrected chi connectivity index (χ0v) is 15.5. The van der Waals surface area contributed by atoms with Crippen LogP contribution in [-0.2, 0) is 4.79 Å². The lowest BCUT2D eigenvalue weighted by molar-refractivity contribution is -0.130. The van der Waals surface area contributed by atoms with Gasteiger partial charge in [-0.15, -0.1) is 12.4 Å². The van der Waals surface area contributed by atoms with Gasteiger partial charge in [0.05, 0.1) is 0 Å². The monoisotopic (exact) mass is 358 g/mol. The molecule has 1 unspecified atom stereocenters. The summed E-state index contributed by atoms with van der Waals surface area (Å²) in [5.41, 5.74) is 8.49. The van der Waals surface area contributed by atoms with E-state index in [-0.39, 0.29) is 24.2 Å². The minimum absolute atomic E-state index is 0. The maximum absolute atomic E-state index is 12.8. The second-order valence-corrected chi connectivity index (χ2v) is 6.83. The van der Waals surface area contributed by atoms with Crippen molar-refractivity contribution in [3.63, 3.8) is 0 Å². The third kappa shape index (κ3) is 4.62. The van der Waals surface area contributed by atoms with Crippen molar-refractivity contribution >= 4 is 18.3 Å². The van der Waals surface area contributed by atoms with Gasteiger partial charge >= 0.3 is 0 Å². The van der Waals surface area contributed by atoms with E-state index in [0.717, 1.165) is 13.1 Å². The summed E-state index contributed by atoms with van der Waals surface area (Å²) >= 11 is 0. The minimum Gasteiger partial charge on any atom is -0.342 e. The fraction of sp³-hybridized carbons (Fsp3) is 0.381. The molecule has 2 aromatic rings. The highest BCUT2D eigenvalue weighted by atomic mass is 35.5. The molecule has 4 heteroatoms. The summed E-state index contributed by atoms with van der Waals surface area (Å²) in [4.78, 5) is 14.8. The highest BCUT2D eigenvalue weighted by Crippen LogP contribution is 2.33. The normalized spacial score (nSPS) is 20.8. The van der Waals surface area contributed by atoms with Crippen LogP contribution in [0, 0.1) is 5.92 Å². The number of nitrogens with two attached hydrogens (primary N) is 1. The number of benzene rings is 2. The first kappa shape index (κ1) is 19.5. The Morgan fingerprint density at radius 2 is 1.68 bits per heavy atom. The van der Waals surface area contributed by atoms with Crippen molar-refractivity contribution in [1.82, 2.24) is 4.90 Å². The number of rotatable bonds is 5. The van der Waals surface area contributed by atoms with E-state index >= 15 is 0 Å². The molecule has 1 aliphatic heterocycles. The van der Waals surface area contributed by atoms with Crippen LogP contribution in [0.15, 0.2) is 60.7 Å². The topological polar surface area (TPSA) is 46.3 Å². The van der Waals surface area contributed by atoms with Crippen LogP contribution in [0.2, 0.25) is 0 Å². The van der Waals surface area contributed by atoms with Crippen LogP contribution < -0.4 is 5.73 Å². The molecule has 0 aliphatic carbocycles. The lowest BCUT2D eigenvalue weighted by Gasteiger charge is -2.19. The molecular weight excluding hydrogens is 332 g/mol. The quantitative estimate of drug-likeness (QED) is 0.883. The minimum atomic E-state index is 0. The number of carbonyl (C=O) groups excluding carboxylic acids is 1. The first-order valence-corrected chi connectivity index (χ1v) is 8.76. The van der Waals surface area contributed by atoms with Crippen molar-refractivity contribution in [3.05, 3.63) is 71.8 Å². The molecule has 0 bridgehead atoms. The molecule has 2 N–H and O–H groups in total. The van der Waals surface area contributed by atoms with Crippen molar-refractivity contribution in [2.75, 3.05) is 19.6 Å². The Kier molecular flexibility index (Phi) is 7.03. The molecule has 1 aliphatic rings. The lowest BCUT2D eigenvalue weighted by Crippen LogP contribution is -2.30. The fourth-order valence-corrected chi connectivity index (χ4v) is 3.68. The molecular formula is C21H27ClN2O. The van der Waals surface area contributed by atoms with Gasteiger partial charge in [0, 0.05) is 25.4 Å². The third-order valence-electron chi connectivity index (χ3n) is 5.17. The van der Waals surface area contributed by atoms with Gasteiger partial charge in [-0.2, -0.15) is 0 Å². The van der Waals surface area contributed by atoms with Crippen LogP contribution in [0.1, 0.15) is 36.3 Å². The van der Waals surface area contributed by atoms with Crippen LogP contribution in [0.4, 0.5) is 0 Å². The average Bonchev–Trinajstić information content (AvgIpc) is 3.08. The van der Waals surface area contributed by atoms with Crippen LogP contribution in [0.5, 0.6) is 0 Å². The maximum atomic E-state index is 12.8. The van der Waals surface area contributed by atoms with Gasteiger partial charge in [-0.3, -0.25) is 4.79 Å². The molecule has 0 spiro atoms. The van der Waals surface area contributed by atoms with Gasteiger partial charge in [0.25, 0.3) is 0 Å². The van der Waals surface area contributed by atoms with Gasteiger partial charge in [-0.25, -0.2) is 0 Å². The largest absolute Gasteiger partial charge is 0.342 e. The van der Waals surface area contributed by atoms with E-state index in [0.29, 0.717) is 24.8 Å². The van der Waals surface area contributed by atoms with E-state index in [4.69, 9.17) is 5.73 Å². The van der Waals surface area contributed by atoms with E-state index < -0.39 is 0 Å². The third-order valence-corrected chi connectivity index (χ3v) is 5.17. The molecule has 3 atom stereocenters. The van der Waals surface area contributed by atoms with Crippen molar-refractivity contribution < 1.29 is 4.79 Å². The number of hydrogen-bond acceptors (Lipinski definition) is 2. The number of amides is 1. The summed E-state index contributed by atoms with van der Waals surface area (Å²) in [6.07, 6.45) is 0.558. The van der Waals surface area contributed by atoms with Crippen molar-refractivity contribution in [1.29, 1.82) is 0 Å². The van der Waals surface area contributed by atoms with Gasteiger partial charge in [0.2, 0.25) is 5.91 Å². The summed E-state index contributed by atoms with van der Waals surface area (Å²) in [5.74, 6) is 1.18. The zero-order valence-electron chi connectivity index (χ0n) is 14.7. The number of halogens is 1. The first-order chi connectivity index (χ1) is 11.7. The van der Waals surface area contributed by atoms with Gasteiger partial charge in [0.15, 0.2) is 0 Å². The Labute approximate surface area is 156 Å². The smallest absolute Gasteiger partial charge is 0.223 e. The molecule has 0 saturated carbocycles. The number of hydrogen-bond donors (Lipinski definition) is 1. The molecule has 25 heavy (non-hydrogen) atoms. The molecule has 2 aromatic carbocycles. The van der Waals surface area contributed by atoms with E-state index in [9.17, 15) is 4.79 Å². The van der Waals surface area contributed by atoms with Gasteiger partial charge in [-0.05, 0) is 29.5 Å². The highest BCUT2D eigenvalue weighted by Gasteiger charge is 2.35. The molecule has 1 heterocycles. The number of carbonyl (C=O) groups is 1. The Balaban J connectivity index is 0.00000225. The summed E-state index contributed by atoms with van der Waals surface area (Å²) < 4.78 is 0. The van der Waals surface area contributed by atoms with Gasteiger partial charge in [0.1, 0.15) is 0 Å². The van der Waals surface area contributed by atoms with Gasteiger partial charge < -0.3 is 10.6 Å². The fourth-order valence-electron chi connectivity index (χ4n) is 3.68. The lowest BCUT2D eigenvalue weighted by atomic mass is 9.89. The molecule has 134 valence electrons. The average molecular weight is 359 g/mol. The molecule has 3 nitrogen and oxygen atoms in total. The second kappa shape index (κ2) is 9.02. The predicted molar refractivity (Wildman–Crippen MR) is 105 cm³/mol. The first-order valence-electron chi connectivity index (χ1n) is 8.76. The number of likely N-dealkylation sites (tertiary alicyclic amines) is 1. The molecule has 0 aromatic heterocycles. The summed E-state index contributed by atoms with van der Waals surface area (Å²) in [6, 6.07) is 20.7. The highest BCUT2D eigenvalue weighted by molar-refractivity contribution is 5.85. The molecule has 1 saturated heterocycles. The van der Waals surface area contributed by atoms with Crippen LogP contribution in [-0.4, -0.2) is 30.4 Å². The van der Waals surface area contributed by atoms with E-state index in [1.54, 1.807) is 0 Å². The van der Waals surface area contributed by atoms with Crippen molar-refractivity contribution in [2.24, 2.45) is 11.7 Å². The Morgan fingerprint density at radius 1 is 1.08 bits per heavy atom. The summed E-state index contributed by atoms with van der Waals surface area (Å²) in [7, 11) is 0. The van der Waals surface area contributed by atoms with E-state index in [1.165, 1.54) is 11.1 Å². The SMILES string of the molecule is CC(CC(=O)N1C[C@@H](CN)[C@H](c2ccccc2)C1)c1ccccc1.Cl. The Bertz CT molecular complexity index is 662. The van der Waals surface area contributed by atoms with Crippen LogP contribution >= 0.6 is 12.4 Å². The molecule has 1 amide bonds. The Morgan fingerprint density at radius 3 is 2.28 bits per heavy atom. The van der Waals surface area contributed by atoms with Crippen molar-refractivity contribution in [2.45, 2.75) is 25.2 Å². The Hall–Kier alpha value is -1.84. The molecule has 3 rings (SSSR count). The van der Waals surface area contributed by atoms with Crippen molar-refractivity contribution in [3.8, 4) is 0 Å². The van der Waals surface area contributed by atoms with E-state index in [1.807, 2.05) is 29.2 Å². The number of nitrogens with zero attached hydrogens (tertiary/aromatic N) is 1. The van der Waals surface area contributed by atoms with E-state index in [2.05, 4.69) is 43.3 Å². The summed E-state index contributed by atoms with van der Waals surface area (Å²) in [6.45, 7) is 4.30. The van der Waals surface area contributed by atoms with Gasteiger partial charge in [-0.1, -0.05) is 67.6 Å². The predicted octanol–water partition coefficient (Wildman–Crippen LogP) is 3.80. The zero-order chi connectivity index (χ0) is 16.9. The second-order valence-electron chi connectivity index (χ2n) is 6.83. The summed E-state index contributed by atoms with van der Waals surface area (Å²) in [5, 5.41) is 0. The standard InChI is InChI=1S/C21H26N2O.ClH/c1-16(17-8-4-2-5-9-17)12-21(24)23-14-19(13-22)20(15-23)18-10-6-3-7-11-18;/h2-11,16,19-20H,12-15,22H2,1H3;1H/t16?,19-,20+;/m1./s1. The molecule has 0 radical (unpaired) electrons. The van der Waals surface area contributed by atoms with Crippen LogP contribution in [0.3, 0.4) is 0 Å². The molecule has 1 fully saturated rings. The maximum Gasteiger partial charge on any atom is 0.223 e.